The van der Waals surface area contributed by atoms with Gasteiger partial charge in [0.2, 0.25) is 11.9 Å². The fourth-order valence-electron chi connectivity index (χ4n) is 1.42. The maximum Gasteiger partial charge on any atom is 0.322 e. The topological polar surface area (TPSA) is 107 Å². The van der Waals surface area contributed by atoms with E-state index in [1.165, 1.54) is 32.4 Å². The summed E-state index contributed by atoms with van der Waals surface area (Å²) in [6, 6.07) is 4.28. The van der Waals surface area contributed by atoms with Crippen molar-refractivity contribution in [2.75, 3.05) is 25.0 Å². The lowest BCUT2D eigenvalue weighted by Gasteiger charge is -2.09. The number of benzene rings is 1. The van der Waals surface area contributed by atoms with Gasteiger partial charge in [0.1, 0.15) is 11.6 Å². The summed E-state index contributed by atoms with van der Waals surface area (Å²) >= 11 is 0. The van der Waals surface area contributed by atoms with E-state index in [1.54, 1.807) is 0 Å². The molecule has 0 spiro atoms. The molecule has 20 heavy (non-hydrogen) atoms. The fourth-order valence-corrected chi connectivity index (χ4v) is 1.42. The Balaban J connectivity index is 2.33. The van der Waals surface area contributed by atoms with Crippen LogP contribution in [-0.4, -0.2) is 29.2 Å². The van der Waals surface area contributed by atoms with Crippen molar-refractivity contribution >= 4 is 17.6 Å². The molecule has 0 atom stereocenters. The number of hydrogen-bond donors (Lipinski definition) is 3. The molecule has 0 amide bonds. The van der Waals surface area contributed by atoms with Crippen molar-refractivity contribution < 1.29 is 13.9 Å². The van der Waals surface area contributed by atoms with Gasteiger partial charge in [-0.3, -0.25) is 5.43 Å². The number of nitrogens with two attached hydrogens (primary N) is 1. The second-order valence-corrected chi connectivity index (χ2v) is 3.58. The number of aromatic nitrogens is 3. The van der Waals surface area contributed by atoms with Crippen molar-refractivity contribution in [3.8, 4) is 11.8 Å². The van der Waals surface area contributed by atoms with Gasteiger partial charge < -0.3 is 14.8 Å². The van der Waals surface area contributed by atoms with E-state index in [0.29, 0.717) is 5.75 Å². The summed E-state index contributed by atoms with van der Waals surface area (Å²) in [5.41, 5.74) is 2.42. The van der Waals surface area contributed by atoms with Crippen LogP contribution in [0.4, 0.5) is 22.0 Å². The molecule has 0 bridgehead atoms. The molecule has 2 rings (SSSR count). The summed E-state index contributed by atoms with van der Waals surface area (Å²) < 4.78 is 23.6. The first-order chi connectivity index (χ1) is 9.66. The maximum atomic E-state index is 13.7. The SMILES string of the molecule is COc1ccc(F)c(Nc2nc(NN)nc(OC)n2)c1. The lowest BCUT2D eigenvalue weighted by Crippen LogP contribution is -2.13. The molecule has 4 N–H and O–H groups in total. The molecule has 0 aliphatic rings. The van der Waals surface area contributed by atoms with Crippen LogP contribution in [0.5, 0.6) is 11.8 Å². The number of anilines is 3. The summed E-state index contributed by atoms with van der Waals surface area (Å²) in [5, 5.41) is 2.70. The highest BCUT2D eigenvalue weighted by molar-refractivity contribution is 5.57. The molecule has 0 aliphatic heterocycles. The maximum absolute atomic E-state index is 13.7. The molecule has 0 unspecified atom stereocenters. The molecule has 0 saturated carbocycles. The summed E-state index contributed by atoms with van der Waals surface area (Å²) in [6.45, 7) is 0. The Morgan fingerprint density at radius 3 is 2.50 bits per heavy atom. The van der Waals surface area contributed by atoms with E-state index in [2.05, 4.69) is 25.7 Å². The molecule has 9 heteroatoms. The molecule has 0 aliphatic carbocycles. The zero-order chi connectivity index (χ0) is 14.5. The molecule has 1 aromatic carbocycles. The number of rotatable bonds is 5. The number of nitrogens with zero attached hydrogens (tertiary/aromatic N) is 3. The smallest absolute Gasteiger partial charge is 0.322 e. The average Bonchev–Trinajstić information content (AvgIpc) is 2.49. The van der Waals surface area contributed by atoms with Crippen LogP contribution in [0.1, 0.15) is 0 Å². The number of ether oxygens (including phenoxy) is 2. The van der Waals surface area contributed by atoms with E-state index in [1.807, 2.05) is 0 Å². The minimum atomic E-state index is -0.479. The van der Waals surface area contributed by atoms with Crippen molar-refractivity contribution in [3.63, 3.8) is 0 Å². The number of nitrogen functional groups attached to an aromatic ring is 1. The summed E-state index contributed by atoms with van der Waals surface area (Å²) in [5.74, 6) is 5.41. The van der Waals surface area contributed by atoms with Gasteiger partial charge in [0.25, 0.3) is 0 Å². The first-order valence-corrected chi connectivity index (χ1v) is 5.53. The third-order valence-electron chi connectivity index (χ3n) is 2.35. The molecule has 1 aromatic heterocycles. The Labute approximate surface area is 114 Å². The molecule has 0 fully saturated rings. The highest BCUT2D eigenvalue weighted by atomic mass is 19.1. The van der Waals surface area contributed by atoms with Crippen LogP contribution in [0.2, 0.25) is 0 Å². The third kappa shape index (κ3) is 3.01. The summed E-state index contributed by atoms with van der Waals surface area (Å²) in [4.78, 5) is 11.7. The second kappa shape index (κ2) is 5.97. The molecule has 0 radical (unpaired) electrons. The Morgan fingerprint density at radius 2 is 1.85 bits per heavy atom. The predicted molar refractivity (Wildman–Crippen MR) is 70.4 cm³/mol. The molecule has 8 nitrogen and oxygen atoms in total. The minimum absolute atomic E-state index is 0.0405. The Morgan fingerprint density at radius 1 is 1.10 bits per heavy atom. The Bertz CT molecular complexity index is 587. The Hall–Kier alpha value is -2.68. The van der Waals surface area contributed by atoms with Gasteiger partial charge in [0, 0.05) is 6.07 Å². The van der Waals surface area contributed by atoms with Gasteiger partial charge in [-0.1, -0.05) is 0 Å². The summed E-state index contributed by atoms with van der Waals surface area (Å²) in [7, 11) is 2.88. The third-order valence-corrected chi connectivity index (χ3v) is 2.35. The largest absolute Gasteiger partial charge is 0.497 e. The van der Waals surface area contributed by atoms with Crippen molar-refractivity contribution in [3.05, 3.63) is 24.0 Å². The zero-order valence-corrected chi connectivity index (χ0v) is 10.8. The fraction of sp³-hybridized carbons (Fsp3) is 0.182. The van der Waals surface area contributed by atoms with Gasteiger partial charge in [-0.25, -0.2) is 10.2 Å². The minimum Gasteiger partial charge on any atom is -0.497 e. The van der Waals surface area contributed by atoms with Gasteiger partial charge in [0.15, 0.2) is 0 Å². The molecule has 1 heterocycles. The van der Waals surface area contributed by atoms with Gasteiger partial charge >= 0.3 is 6.01 Å². The van der Waals surface area contributed by atoms with Gasteiger partial charge in [-0.05, 0) is 12.1 Å². The van der Waals surface area contributed by atoms with Gasteiger partial charge in [0.05, 0.1) is 19.9 Å². The van der Waals surface area contributed by atoms with E-state index in [-0.39, 0.29) is 23.6 Å². The number of halogens is 1. The number of hydrazine groups is 1. The monoisotopic (exact) mass is 280 g/mol. The zero-order valence-electron chi connectivity index (χ0n) is 10.8. The molecular weight excluding hydrogens is 267 g/mol. The van der Waals surface area contributed by atoms with Crippen LogP contribution in [0, 0.1) is 5.82 Å². The highest BCUT2D eigenvalue weighted by Gasteiger charge is 2.09. The lowest BCUT2D eigenvalue weighted by molar-refractivity contribution is 0.379. The van der Waals surface area contributed by atoms with E-state index < -0.39 is 5.82 Å². The normalized spacial score (nSPS) is 10.0. The van der Waals surface area contributed by atoms with Crippen molar-refractivity contribution in [2.24, 2.45) is 5.84 Å². The lowest BCUT2D eigenvalue weighted by atomic mass is 10.3. The molecule has 2 aromatic rings. The van der Waals surface area contributed by atoms with Gasteiger partial charge in [-0.15, -0.1) is 0 Å². The number of methoxy groups -OCH3 is 2. The van der Waals surface area contributed by atoms with Crippen LogP contribution in [0.15, 0.2) is 18.2 Å². The van der Waals surface area contributed by atoms with Gasteiger partial charge in [-0.2, -0.15) is 15.0 Å². The van der Waals surface area contributed by atoms with Crippen LogP contribution in [0.25, 0.3) is 0 Å². The van der Waals surface area contributed by atoms with Crippen LogP contribution in [0.3, 0.4) is 0 Å². The average molecular weight is 280 g/mol. The van der Waals surface area contributed by atoms with Crippen molar-refractivity contribution in [1.82, 2.24) is 15.0 Å². The molecular formula is C11H13FN6O2. The van der Waals surface area contributed by atoms with Crippen LogP contribution in [-0.2, 0) is 0 Å². The highest BCUT2D eigenvalue weighted by Crippen LogP contribution is 2.24. The Kier molecular flexibility index (Phi) is 4.11. The number of nitrogens with one attached hydrogen (secondary N) is 2. The standard InChI is InChI=1S/C11H13FN6O2/c1-19-6-3-4-7(12)8(5-6)14-9-15-10(18-13)17-11(16-9)20-2/h3-5H,13H2,1-2H3,(H2,14,15,16,17,18). The van der Waals surface area contributed by atoms with E-state index >= 15 is 0 Å². The van der Waals surface area contributed by atoms with E-state index in [0.717, 1.165) is 0 Å². The second-order valence-electron chi connectivity index (χ2n) is 3.58. The number of hydrogen-bond acceptors (Lipinski definition) is 8. The van der Waals surface area contributed by atoms with Crippen molar-refractivity contribution in [1.29, 1.82) is 0 Å². The quantitative estimate of drug-likeness (QED) is 0.551. The first kappa shape index (κ1) is 13.7. The van der Waals surface area contributed by atoms with E-state index in [9.17, 15) is 4.39 Å². The van der Waals surface area contributed by atoms with E-state index in [4.69, 9.17) is 15.3 Å². The molecule has 106 valence electrons. The first-order valence-electron chi connectivity index (χ1n) is 5.53. The van der Waals surface area contributed by atoms with Crippen molar-refractivity contribution in [2.45, 2.75) is 0 Å². The predicted octanol–water partition coefficient (Wildman–Crippen LogP) is 1.06. The molecule has 0 saturated heterocycles. The van der Waals surface area contributed by atoms with Crippen LogP contribution < -0.4 is 26.1 Å². The summed E-state index contributed by atoms with van der Waals surface area (Å²) in [6.07, 6.45) is 0. The van der Waals surface area contributed by atoms with Crippen LogP contribution >= 0.6 is 0 Å².